The van der Waals surface area contributed by atoms with Gasteiger partial charge in [0.15, 0.2) is 5.94 Å². The lowest BCUT2D eigenvalue weighted by Crippen LogP contribution is -2.42. The van der Waals surface area contributed by atoms with Crippen LogP contribution in [0.2, 0.25) is 0 Å². The van der Waals surface area contributed by atoms with Gasteiger partial charge >= 0.3 is 0 Å². The molecule has 1 aromatic carbocycles. The number of hydrogen-bond acceptors (Lipinski definition) is 5. The van der Waals surface area contributed by atoms with E-state index < -0.39 is 0 Å². The number of aromatic nitrogens is 1. The van der Waals surface area contributed by atoms with Crippen LogP contribution < -0.4 is 10.2 Å². The van der Waals surface area contributed by atoms with Crippen molar-refractivity contribution in [2.45, 2.75) is 50.7 Å². The van der Waals surface area contributed by atoms with Gasteiger partial charge in [0.1, 0.15) is 6.61 Å². The first kappa shape index (κ1) is 18.0. The highest BCUT2D eigenvalue weighted by atomic mass is 16.5. The largest absolute Gasteiger partial charge is 0.466 e. The van der Waals surface area contributed by atoms with Crippen molar-refractivity contribution < 1.29 is 14.3 Å². The second-order valence-corrected chi connectivity index (χ2v) is 8.17. The summed E-state index contributed by atoms with van der Waals surface area (Å²) in [7, 11) is 1.80. The molecule has 1 fully saturated rings. The zero-order valence-corrected chi connectivity index (χ0v) is 16.6. The number of amides is 1. The Kier molecular flexibility index (Phi) is 4.00. The second kappa shape index (κ2) is 6.46. The molecule has 2 atom stereocenters. The van der Waals surface area contributed by atoms with Crippen LogP contribution in [-0.4, -0.2) is 23.9 Å². The Balaban J connectivity index is 1.58. The van der Waals surface area contributed by atoms with Crippen LogP contribution in [0.1, 0.15) is 55.2 Å². The van der Waals surface area contributed by atoms with E-state index in [-0.39, 0.29) is 17.3 Å². The van der Waals surface area contributed by atoms with Gasteiger partial charge in [-0.05, 0) is 54.0 Å². The van der Waals surface area contributed by atoms with Gasteiger partial charge in [0, 0.05) is 37.0 Å². The van der Waals surface area contributed by atoms with Crippen LogP contribution in [0.4, 0.5) is 5.69 Å². The Bertz CT molecular complexity index is 1070. The van der Waals surface area contributed by atoms with Gasteiger partial charge in [0.05, 0.1) is 11.2 Å². The molecule has 2 heterocycles. The van der Waals surface area contributed by atoms with Gasteiger partial charge in [-0.25, -0.2) is 4.79 Å². The Labute approximate surface area is 169 Å². The minimum atomic E-state index is -0.267. The average Bonchev–Trinajstić information content (AvgIpc) is 3.30. The van der Waals surface area contributed by atoms with Crippen molar-refractivity contribution in [3.8, 4) is 11.1 Å². The second-order valence-electron chi connectivity index (χ2n) is 8.17. The smallest absolute Gasteiger partial charge is 0.282 e. The molecule has 6 heteroatoms. The fourth-order valence-corrected chi connectivity index (χ4v) is 5.24. The minimum absolute atomic E-state index is 0.0944. The first-order chi connectivity index (χ1) is 14.1. The van der Waals surface area contributed by atoms with Crippen molar-refractivity contribution >= 4 is 17.5 Å². The van der Waals surface area contributed by atoms with E-state index in [4.69, 9.17) is 4.74 Å². The van der Waals surface area contributed by atoms with Crippen molar-refractivity contribution in [1.82, 2.24) is 10.3 Å². The molecule has 29 heavy (non-hydrogen) atoms. The van der Waals surface area contributed by atoms with E-state index in [0.29, 0.717) is 18.9 Å². The van der Waals surface area contributed by atoms with E-state index in [1.165, 1.54) is 11.1 Å². The van der Waals surface area contributed by atoms with Crippen molar-refractivity contribution in [2.24, 2.45) is 0 Å². The maximum atomic E-state index is 12.2. The molecule has 1 saturated carbocycles. The summed E-state index contributed by atoms with van der Waals surface area (Å²) in [4.78, 5) is 29.5. The normalized spacial score (nSPS) is 23.9. The molecule has 2 bridgehead atoms. The molecule has 1 amide bonds. The molecular formula is C23H23N3O3. The Morgan fingerprint density at radius 2 is 2.28 bits per heavy atom. The highest BCUT2D eigenvalue weighted by Crippen LogP contribution is 2.57. The van der Waals surface area contributed by atoms with E-state index >= 15 is 0 Å². The van der Waals surface area contributed by atoms with Crippen LogP contribution >= 0.6 is 0 Å². The van der Waals surface area contributed by atoms with Gasteiger partial charge in [0.25, 0.3) is 5.88 Å². The molecule has 2 unspecified atom stereocenters. The standard InChI is InChI=1S/C23H23N3O3/c1-3-20(28)25-23-7-6-15(9-23)22-17(10-24-11-18(22)23)14-4-5-19-16(8-14)13-29-21(12-27)26(19)2/h4-5,8,10-11,15H,3,6-7,9,13H2,1-2H3,(H,25,28). The van der Waals surface area contributed by atoms with Crippen LogP contribution in [0.3, 0.4) is 0 Å². The molecule has 3 aliphatic rings. The van der Waals surface area contributed by atoms with Crippen molar-refractivity contribution in [3.63, 3.8) is 0 Å². The van der Waals surface area contributed by atoms with Crippen LogP contribution in [-0.2, 0) is 26.5 Å². The fraction of sp³-hybridized carbons (Fsp3) is 0.391. The van der Waals surface area contributed by atoms with Crippen molar-refractivity contribution in [1.29, 1.82) is 0 Å². The quantitative estimate of drug-likeness (QED) is 0.815. The first-order valence-corrected chi connectivity index (χ1v) is 10.1. The molecule has 6 nitrogen and oxygen atoms in total. The molecule has 0 spiro atoms. The molecule has 148 valence electrons. The lowest BCUT2D eigenvalue weighted by molar-refractivity contribution is -0.122. The third kappa shape index (κ3) is 2.60. The number of anilines is 1. The molecule has 0 radical (unpaired) electrons. The number of ether oxygens (including phenoxy) is 1. The van der Waals surface area contributed by atoms with Crippen LogP contribution in [0.15, 0.2) is 36.5 Å². The van der Waals surface area contributed by atoms with Crippen LogP contribution in [0.5, 0.6) is 0 Å². The summed E-state index contributed by atoms with van der Waals surface area (Å²) in [6.45, 7) is 2.24. The molecule has 1 aromatic heterocycles. The SMILES string of the molecule is CCC(=O)NC12CCC(C1)c1c(-c3ccc4c(c3)COC(=C=O)N4C)cncc12. The average molecular weight is 389 g/mol. The number of carbonyl (C=O) groups is 1. The van der Waals surface area contributed by atoms with E-state index in [1.807, 2.05) is 31.3 Å². The number of benzene rings is 1. The molecule has 1 aliphatic heterocycles. The summed E-state index contributed by atoms with van der Waals surface area (Å²) in [6.07, 6.45) is 7.37. The predicted molar refractivity (Wildman–Crippen MR) is 109 cm³/mol. The van der Waals surface area contributed by atoms with Crippen LogP contribution in [0, 0.1) is 0 Å². The highest BCUT2D eigenvalue weighted by Gasteiger charge is 2.51. The third-order valence-electron chi connectivity index (χ3n) is 6.63. The summed E-state index contributed by atoms with van der Waals surface area (Å²) in [5.41, 5.74) is 6.42. The number of rotatable bonds is 3. The van der Waals surface area contributed by atoms with Gasteiger partial charge < -0.3 is 15.0 Å². The molecular weight excluding hydrogens is 366 g/mol. The third-order valence-corrected chi connectivity index (χ3v) is 6.63. The number of pyridine rings is 1. The molecule has 1 N–H and O–H groups in total. The molecule has 2 aliphatic carbocycles. The molecule has 0 saturated heterocycles. The number of hydrogen-bond donors (Lipinski definition) is 1. The topological polar surface area (TPSA) is 71.5 Å². The Morgan fingerprint density at radius 3 is 3.07 bits per heavy atom. The van der Waals surface area contributed by atoms with Gasteiger partial charge in [-0.15, -0.1) is 0 Å². The molecule has 2 aromatic rings. The minimum Gasteiger partial charge on any atom is -0.466 e. The summed E-state index contributed by atoms with van der Waals surface area (Å²) in [5.74, 6) is 2.59. The summed E-state index contributed by atoms with van der Waals surface area (Å²) >= 11 is 0. The van der Waals surface area contributed by atoms with E-state index in [2.05, 4.69) is 22.4 Å². The number of nitrogens with one attached hydrogen (secondary N) is 1. The van der Waals surface area contributed by atoms with Gasteiger partial charge in [-0.2, -0.15) is 0 Å². The van der Waals surface area contributed by atoms with Crippen LogP contribution in [0.25, 0.3) is 11.1 Å². The fourth-order valence-electron chi connectivity index (χ4n) is 5.24. The highest BCUT2D eigenvalue weighted by molar-refractivity contribution is 5.79. The van der Waals surface area contributed by atoms with E-state index in [0.717, 1.165) is 41.6 Å². The summed E-state index contributed by atoms with van der Waals surface area (Å²) < 4.78 is 5.53. The van der Waals surface area contributed by atoms with Gasteiger partial charge in [-0.3, -0.25) is 9.78 Å². The summed E-state index contributed by atoms with van der Waals surface area (Å²) in [5, 5.41) is 3.29. The zero-order valence-electron chi connectivity index (χ0n) is 16.6. The maximum Gasteiger partial charge on any atom is 0.282 e. The van der Waals surface area contributed by atoms with Crippen molar-refractivity contribution in [3.05, 3.63) is 53.2 Å². The maximum absolute atomic E-state index is 12.2. The monoisotopic (exact) mass is 389 g/mol. The Hall–Kier alpha value is -3.11. The van der Waals surface area contributed by atoms with E-state index in [9.17, 15) is 9.59 Å². The zero-order chi connectivity index (χ0) is 20.2. The number of carbonyl (C=O) groups excluding carboxylic acids is 2. The predicted octanol–water partition coefficient (Wildman–Crippen LogP) is 3.39. The van der Waals surface area contributed by atoms with Crippen molar-refractivity contribution in [2.75, 3.05) is 11.9 Å². The van der Waals surface area contributed by atoms with Gasteiger partial charge in [0.2, 0.25) is 5.91 Å². The summed E-state index contributed by atoms with van der Waals surface area (Å²) in [6, 6.07) is 6.21. The first-order valence-electron chi connectivity index (χ1n) is 10.1. The Morgan fingerprint density at radius 1 is 1.41 bits per heavy atom. The molecule has 5 rings (SSSR count). The lowest BCUT2D eigenvalue weighted by atomic mass is 9.84. The number of nitrogens with zero attached hydrogens (tertiary/aromatic N) is 2. The lowest BCUT2D eigenvalue weighted by Gasteiger charge is -2.31. The van der Waals surface area contributed by atoms with E-state index in [1.54, 1.807) is 11.9 Å². The number of fused-ring (bicyclic) bond motifs is 6. The van der Waals surface area contributed by atoms with Gasteiger partial charge in [-0.1, -0.05) is 13.0 Å².